The number of ether oxygens (including phenoxy) is 3. The van der Waals surface area contributed by atoms with Gasteiger partial charge in [-0.3, -0.25) is 4.79 Å². The third-order valence-electron chi connectivity index (χ3n) is 4.86. The molecule has 0 spiro atoms. The van der Waals surface area contributed by atoms with Crippen molar-refractivity contribution in [2.45, 2.75) is 50.5 Å². The maximum atomic E-state index is 12.4. The average molecular weight is 365 g/mol. The predicted molar refractivity (Wildman–Crippen MR) is 96.0 cm³/mol. The lowest BCUT2D eigenvalue weighted by Crippen LogP contribution is -2.55. The highest BCUT2D eigenvalue weighted by Gasteiger charge is 2.40. The molecule has 1 aromatic rings. The first-order valence-corrected chi connectivity index (χ1v) is 8.79. The topological polar surface area (TPSA) is 94.1 Å². The van der Waals surface area contributed by atoms with Crippen molar-refractivity contribution >= 4 is 11.9 Å². The van der Waals surface area contributed by atoms with E-state index in [4.69, 9.17) is 14.2 Å². The van der Waals surface area contributed by atoms with E-state index >= 15 is 0 Å². The molecule has 0 bridgehead atoms. The van der Waals surface area contributed by atoms with E-state index in [1.165, 1.54) is 21.3 Å². The first kappa shape index (κ1) is 19.9. The van der Waals surface area contributed by atoms with E-state index in [1.807, 2.05) is 0 Å². The molecule has 1 amide bonds. The second-order valence-electron chi connectivity index (χ2n) is 6.53. The Balaban J connectivity index is 2.05. The zero-order chi connectivity index (χ0) is 19.2. The summed E-state index contributed by atoms with van der Waals surface area (Å²) in [6, 6.07) is 3.59. The van der Waals surface area contributed by atoms with Gasteiger partial charge in [0.25, 0.3) is 0 Å². The number of nitrogens with one attached hydrogen (secondary N) is 1. The van der Waals surface area contributed by atoms with Crippen molar-refractivity contribution in [2.75, 3.05) is 21.3 Å². The Morgan fingerprint density at radius 3 is 2.08 bits per heavy atom. The molecule has 1 fully saturated rings. The molecule has 144 valence electrons. The normalized spacial score (nSPS) is 15.8. The molecule has 0 heterocycles. The van der Waals surface area contributed by atoms with E-state index in [0.717, 1.165) is 24.8 Å². The van der Waals surface area contributed by atoms with Crippen LogP contribution in [0.15, 0.2) is 12.1 Å². The smallest absolute Gasteiger partial charge is 0.329 e. The lowest BCUT2D eigenvalue weighted by molar-refractivity contribution is -0.149. The summed E-state index contributed by atoms with van der Waals surface area (Å²) < 4.78 is 15.9. The Kier molecular flexibility index (Phi) is 6.71. The summed E-state index contributed by atoms with van der Waals surface area (Å²) in [5.74, 6) is 0.338. The van der Waals surface area contributed by atoms with Crippen LogP contribution in [-0.2, 0) is 16.0 Å². The van der Waals surface area contributed by atoms with Crippen LogP contribution in [0, 0.1) is 0 Å². The Hall–Kier alpha value is -2.44. The van der Waals surface area contributed by atoms with Gasteiger partial charge >= 0.3 is 5.97 Å². The Morgan fingerprint density at radius 2 is 1.62 bits per heavy atom. The number of carbonyl (C=O) groups excluding carboxylic acids is 1. The Morgan fingerprint density at radius 1 is 1.04 bits per heavy atom. The highest BCUT2D eigenvalue weighted by molar-refractivity contribution is 5.87. The lowest BCUT2D eigenvalue weighted by atomic mass is 9.81. The molecule has 2 rings (SSSR count). The number of carboxylic acids is 1. The van der Waals surface area contributed by atoms with Crippen LogP contribution in [0.4, 0.5) is 0 Å². The van der Waals surface area contributed by atoms with Gasteiger partial charge in [-0.05, 0) is 37.0 Å². The number of aryl methyl sites for hydroxylation is 1. The molecule has 0 radical (unpaired) electrons. The standard InChI is InChI=1S/C19H27NO6/c1-24-14-11-13(12-15(25-2)17(14)26-3)7-8-16(21)20-19(18(22)23)9-5-4-6-10-19/h11-12H,4-10H2,1-3H3,(H,20,21)(H,22,23). The molecular formula is C19H27NO6. The van der Waals surface area contributed by atoms with E-state index in [-0.39, 0.29) is 12.3 Å². The van der Waals surface area contributed by atoms with E-state index in [2.05, 4.69) is 5.32 Å². The van der Waals surface area contributed by atoms with Crippen molar-refractivity contribution < 1.29 is 28.9 Å². The highest BCUT2D eigenvalue weighted by atomic mass is 16.5. The second kappa shape index (κ2) is 8.78. The summed E-state index contributed by atoms with van der Waals surface area (Å²) in [6.45, 7) is 0. The second-order valence-corrected chi connectivity index (χ2v) is 6.53. The molecule has 26 heavy (non-hydrogen) atoms. The molecule has 0 aliphatic heterocycles. The van der Waals surface area contributed by atoms with Crippen LogP contribution in [-0.4, -0.2) is 43.9 Å². The van der Waals surface area contributed by atoms with Crippen LogP contribution >= 0.6 is 0 Å². The Bertz CT molecular complexity index is 626. The fourth-order valence-electron chi connectivity index (χ4n) is 3.41. The molecular weight excluding hydrogens is 338 g/mol. The lowest BCUT2D eigenvalue weighted by Gasteiger charge is -2.34. The van der Waals surface area contributed by atoms with Gasteiger partial charge in [0.1, 0.15) is 5.54 Å². The fraction of sp³-hybridized carbons (Fsp3) is 0.579. The van der Waals surface area contributed by atoms with E-state index in [9.17, 15) is 14.7 Å². The number of rotatable bonds is 8. The summed E-state index contributed by atoms with van der Waals surface area (Å²) in [6.07, 6.45) is 4.25. The van der Waals surface area contributed by atoms with Gasteiger partial charge in [-0.2, -0.15) is 0 Å². The number of aliphatic carboxylic acids is 1. The minimum Gasteiger partial charge on any atom is -0.493 e. The minimum atomic E-state index is -1.12. The van der Waals surface area contributed by atoms with Crippen LogP contribution < -0.4 is 19.5 Å². The summed E-state index contributed by atoms with van der Waals surface area (Å²) in [5, 5.41) is 12.3. The molecule has 0 saturated heterocycles. The first-order valence-electron chi connectivity index (χ1n) is 8.79. The predicted octanol–water partition coefficient (Wildman–Crippen LogP) is 2.55. The van der Waals surface area contributed by atoms with E-state index < -0.39 is 11.5 Å². The summed E-state index contributed by atoms with van der Waals surface area (Å²) >= 11 is 0. The molecule has 1 aliphatic carbocycles. The number of hydrogen-bond acceptors (Lipinski definition) is 5. The number of hydrogen-bond donors (Lipinski definition) is 2. The maximum absolute atomic E-state index is 12.4. The van der Waals surface area contributed by atoms with Gasteiger partial charge in [0, 0.05) is 6.42 Å². The maximum Gasteiger partial charge on any atom is 0.329 e. The van der Waals surface area contributed by atoms with Crippen LogP contribution in [0.25, 0.3) is 0 Å². The SMILES string of the molecule is COc1cc(CCC(=O)NC2(C(=O)O)CCCCC2)cc(OC)c1OC. The molecule has 1 aliphatic rings. The molecule has 7 nitrogen and oxygen atoms in total. The van der Waals surface area contributed by atoms with Gasteiger partial charge in [-0.1, -0.05) is 19.3 Å². The van der Waals surface area contributed by atoms with Crippen molar-refractivity contribution in [2.24, 2.45) is 0 Å². The van der Waals surface area contributed by atoms with Crippen molar-refractivity contribution in [1.29, 1.82) is 0 Å². The van der Waals surface area contributed by atoms with Crippen LogP contribution in [0.2, 0.25) is 0 Å². The van der Waals surface area contributed by atoms with Crippen molar-refractivity contribution in [1.82, 2.24) is 5.32 Å². The van der Waals surface area contributed by atoms with Gasteiger partial charge in [-0.25, -0.2) is 4.79 Å². The molecule has 0 aromatic heterocycles. The largest absolute Gasteiger partial charge is 0.493 e. The fourth-order valence-corrected chi connectivity index (χ4v) is 3.41. The number of amides is 1. The first-order chi connectivity index (χ1) is 12.5. The number of carboxylic acid groups (broad SMARTS) is 1. The number of benzene rings is 1. The molecule has 1 saturated carbocycles. The zero-order valence-electron chi connectivity index (χ0n) is 15.6. The van der Waals surface area contributed by atoms with Crippen LogP contribution in [0.3, 0.4) is 0 Å². The third-order valence-corrected chi connectivity index (χ3v) is 4.86. The van der Waals surface area contributed by atoms with E-state index in [0.29, 0.717) is 36.5 Å². The minimum absolute atomic E-state index is 0.188. The van der Waals surface area contributed by atoms with Crippen LogP contribution in [0.1, 0.15) is 44.1 Å². The highest BCUT2D eigenvalue weighted by Crippen LogP contribution is 2.38. The molecule has 7 heteroatoms. The monoisotopic (exact) mass is 365 g/mol. The molecule has 0 unspecified atom stereocenters. The summed E-state index contributed by atoms with van der Waals surface area (Å²) in [7, 11) is 4.60. The quantitative estimate of drug-likeness (QED) is 0.735. The van der Waals surface area contributed by atoms with Crippen molar-refractivity contribution in [3.63, 3.8) is 0 Å². The van der Waals surface area contributed by atoms with Gasteiger partial charge in [0.05, 0.1) is 21.3 Å². The average Bonchev–Trinajstić information content (AvgIpc) is 2.65. The van der Waals surface area contributed by atoms with Crippen molar-refractivity contribution in [3.8, 4) is 17.2 Å². The molecule has 2 N–H and O–H groups in total. The van der Waals surface area contributed by atoms with Gasteiger partial charge in [0.15, 0.2) is 11.5 Å². The molecule has 0 atom stereocenters. The van der Waals surface area contributed by atoms with Gasteiger partial charge < -0.3 is 24.6 Å². The molecule has 1 aromatic carbocycles. The zero-order valence-corrected chi connectivity index (χ0v) is 15.6. The number of methoxy groups -OCH3 is 3. The number of carbonyl (C=O) groups is 2. The summed E-state index contributed by atoms with van der Waals surface area (Å²) in [5.41, 5.74) is -0.271. The Labute approximate surface area is 153 Å². The van der Waals surface area contributed by atoms with Gasteiger partial charge in [-0.15, -0.1) is 0 Å². The summed E-state index contributed by atoms with van der Waals surface area (Å²) in [4.78, 5) is 24.0. The van der Waals surface area contributed by atoms with E-state index in [1.54, 1.807) is 12.1 Å². The van der Waals surface area contributed by atoms with Crippen molar-refractivity contribution in [3.05, 3.63) is 17.7 Å². The van der Waals surface area contributed by atoms with Crippen LogP contribution in [0.5, 0.6) is 17.2 Å². The third kappa shape index (κ3) is 4.39. The van der Waals surface area contributed by atoms with Gasteiger partial charge in [0.2, 0.25) is 11.7 Å².